The van der Waals surface area contributed by atoms with Crippen molar-refractivity contribution in [1.29, 1.82) is 0 Å². The van der Waals surface area contributed by atoms with Gasteiger partial charge in [0, 0.05) is 25.6 Å². The predicted octanol–water partition coefficient (Wildman–Crippen LogP) is 5.38. The molecule has 3 amide bonds. The Kier molecular flexibility index (Phi) is 13.8. The van der Waals surface area contributed by atoms with E-state index in [9.17, 15) is 19.5 Å². The van der Waals surface area contributed by atoms with Crippen LogP contribution in [0, 0.1) is 23.2 Å². The van der Waals surface area contributed by atoms with Gasteiger partial charge in [0.25, 0.3) is 0 Å². The van der Waals surface area contributed by atoms with Gasteiger partial charge in [0.05, 0.1) is 43.2 Å². The molecule has 3 aliphatic rings. The van der Waals surface area contributed by atoms with E-state index in [0.717, 1.165) is 0 Å². The molecule has 11 heteroatoms. The van der Waals surface area contributed by atoms with E-state index < -0.39 is 59.3 Å². The van der Waals surface area contributed by atoms with Crippen LogP contribution >= 0.6 is 0 Å². The van der Waals surface area contributed by atoms with Crippen molar-refractivity contribution in [2.24, 2.45) is 23.2 Å². The Hall–Kier alpha value is -3.54. The Morgan fingerprint density at radius 2 is 1.81 bits per heavy atom. The molecule has 3 saturated heterocycles. The number of carbonyl (C=O) groups is 4. The number of rotatable bonds is 19. The fraction of sp³-hybridized carbons (Fsp3) is 0.667. The number of esters is 1. The summed E-state index contributed by atoms with van der Waals surface area (Å²) in [4.78, 5) is 61.0. The topological polar surface area (TPSA) is 135 Å². The molecule has 3 fully saturated rings. The van der Waals surface area contributed by atoms with E-state index in [4.69, 9.17) is 14.2 Å². The van der Waals surface area contributed by atoms with Crippen molar-refractivity contribution in [3.63, 3.8) is 0 Å². The highest BCUT2D eigenvalue weighted by molar-refractivity contribution is 5.98. The Morgan fingerprint density at radius 1 is 1.13 bits per heavy atom. The molecule has 0 saturated carbocycles. The molecule has 1 aromatic carbocycles. The van der Waals surface area contributed by atoms with E-state index in [1.807, 2.05) is 58.0 Å². The molecule has 11 nitrogen and oxygen atoms in total. The number of methoxy groups -OCH3 is 1. The van der Waals surface area contributed by atoms with Crippen LogP contribution in [-0.2, 0) is 33.4 Å². The van der Waals surface area contributed by atoms with Crippen molar-refractivity contribution in [2.75, 3.05) is 26.9 Å². The summed E-state index contributed by atoms with van der Waals surface area (Å²) in [5, 5.41) is 13.8. The van der Waals surface area contributed by atoms with Gasteiger partial charge in [-0.15, -0.1) is 13.2 Å². The smallest absolute Gasteiger partial charge is 0.313 e. The van der Waals surface area contributed by atoms with Gasteiger partial charge < -0.3 is 34.4 Å². The number of allylic oxidation sites excluding steroid dienone is 1. The van der Waals surface area contributed by atoms with Crippen LogP contribution in [0.1, 0.15) is 98.7 Å². The number of hydrogen-bond donors (Lipinski definition) is 2. The zero-order valence-corrected chi connectivity index (χ0v) is 33.1. The fourth-order valence-electron chi connectivity index (χ4n) is 9.28. The summed E-state index contributed by atoms with van der Waals surface area (Å²) < 4.78 is 18.6. The molecule has 2 N–H and O–H groups in total. The number of hydrogen-bond acceptors (Lipinski definition) is 8. The van der Waals surface area contributed by atoms with Crippen molar-refractivity contribution in [2.45, 2.75) is 128 Å². The number of carbonyl (C=O) groups excluding carboxylic acids is 4. The van der Waals surface area contributed by atoms with Gasteiger partial charge in [-0.2, -0.15) is 0 Å². The molecule has 3 aliphatic heterocycles. The van der Waals surface area contributed by atoms with E-state index in [2.05, 4.69) is 39.2 Å². The van der Waals surface area contributed by atoms with Crippen molar-refractivity contribution in [1.82, 2.24) is 15.1 Å². The van der Waals surface area contributed by atoms with Gasteiger partial charge in [-0.3, -0.25) is 19.2 Å². The second-order valence-corrected chi connectivity index (χ2v) is 17.3. The molecule has 3 heterocycles. The average Bonchev–Trinajstić information content (AvgIpc) is 3.73. The second kappa shape index (κ2) is 17.3. The highest BCUT2D eigenvalue weighted by Gasteiger charge is 2.76. The van der Waals surface area contributed by atoms with Gasteiger partial charge in [-0.25, -0.2) is 0 Å². The SMILES string of the molecule is C=CCCC(=O)N[C@@H](COC)[C@@H](OC(=O)[C@@H]1[C@@H]2CC[C@]3(O2)[C@H](C(=O)N(CC=C)C(C)(C)CC(C)(C)C)N([C@@H](CO)CC(C)C)C(=O)[C@@H]13)c1ccccc1. The molecule has 0 aliphatic carbocycles. The molecule has 53 heavy (non-hydrogen) atoms. The molecule has 294 valence electrons. The number of likely N-dealkylation sites (tertiary alicyclic amines) is 1. The third-order valence-corrected chi connectivity index (χ3v) is 10.9. The lowest BCUT2D eigenvalue weighted by Crippen LogP contribution is -2.62. The number of amides is 3. The summed E-state index contributed by atoms with van der Waals surface area (Å²) in [6.07, 6.45) is 4.45. The van der Waals surface area contributed by atoms with E-state index in [0.29, 0.717) is 37.7 Å². The van der Waals surface area contributed by atoms with E-state index in [1.165, 1.54) is 7.11 Å². The molecule has 8 atom stereocenters. The summed E-state index contributed by atoms with van der Waals surface area (Å²) in [5.41, 5.74) is -1.38. The number of benzene rings is 1. The minimum absolute atomic E-state index is 0.0603. The molecule has 2 bridgehead atoms. The van der Waals surface area contributed by atoms with Gasteiger partial charge in [0.1, 0.15) is 17.7 Å². The first-order valence-corrected chi connectivity index (χ1v) is 19.1. The van der Waals surface area contributed by atoms with Gasteiger partial charge in [0.15, 0.2) is 0 Å². The van der Waals surface area contributed by atoms with Crippen LogP contribution in [0.3, 0.4) is 0 Å². The highest BCUT2D eigenvalue weighted by Crippen LogP contribution is 2.60. The van der Waals surface area contributed by atoms with Crippen LogP contribution in [0.25, 0.3) is 0 Å². The first-order chi connectivity index (χ1) is 25.0. The lowest BCUT2D eigenvalue weighted by Gasteiger charge is -2.46. The van der Waals surface area contributed by atoms with Crippen LogP contribution in [0.5, 0.6) is 0 Å². The normalized spacial score (nSPS) is 25.5. The maximum atomic E-state index is 15.2. The first-order valence-electron chi connectivity index (χ1n) is 19.1. The average molecular weight is 738 g/mol. The number of aliphatic hydroxyl groups excluding tert-OH is 1. The zero-order valence-electron chi connectivity index (χ0n) is 33.1. The molecule has 1 spiro atoms. The number of fused-ring (bicyclic) bond motifs is 1. The summed E-state index contributed by atoms with van der Waals surface area (Å²) >= 11 is 0. The van der Waals surface area contributed by atoms with Gasteiger partial charge >= 0.3 is 5.97 Å². The lowest BCUT2D eigenvalue weighted by molar-refractivity contribution is -0.164. The molecule has 0 radical (unpaired) electrons. The molecular weight excluding hydrogens is 674 g/mol. The first kappa shape index (κ1) is 42.2. The third kappa shape index (κ3) is 9.06. The summed E-state index contributed by atoms with van der Waals surface area (Å²) in [6, 6.07) is 6.67. The van der Waals surface area contributed by atoms with Crippen molar-refractivity contribution < 1.29 is 38.5 Å². The van der Waals surface area contributed by atoms with Gasteiger partial charge in [-0.05, 0) is 62.8 Å². The second-order valence-electron chi connectivity index (χ2n) is 17.3. The van der Waals surface area contributed by atoms with Crippen LogP contribution in [0.15, 0.2) is 55.6 Å². The predicted molar refractivity (Wildman–Crippen MR) is 203 cm³/mol. The summed E-state index contributed by atoms with van der Waals surface area (Å²) in [7, 11) is 1.51. The standard InChI is InChI=1S/C42H63N3O8/c1-11-13-19-32(47)43-30(25-51-10)35(28-17-15-14-16-18-28)52-39(50)33-31-20-21-42(53-31)34(33)37(48)45(29(24-46)23-27(3)4)36(42)38(49)44(22-12-2)41(8,9)26-40(5,6)7/h11-12,14-18,27,29-31,33-36,46H,1-2,13,19-26H2,3-10H3,(H,43,47)/t29-,30+,31+,33-,34-,35+,36+,42-/m1/s1. The van der Waals surface area contributed by atoms with Crippen LogP contribution in [0.2, 0.25) is 0 Å². The van der Waals surface area contributed by atoms with Gasteiger partial charge in [-0.1, -0.05) is 77.1 Å². The molecular formula is C42H63N3O8. The minimum Gasteiger partial charge on any atom is -0.455 e. The number of nitrogens with zero attached hydrogens (tertiary/aromatic N) is 2. The Morgan fingerprint density at radius 3 is 2.38 bits per heavy atom. The van der Waals surface area contributed by atoms with Gasteiger partial charge in [0.2, 0.25) is 17.7 Å². The highest BCUT2D eigenvalue weighted by atomic mass is 16.6. The molecule has 4 rings (SSSR count). The van der Waals surface area contributed by atoms with E-state index >= 15 is 4.79 Å². The van der Waals surface area contributed by atoms with E-state index in [-0.39, 0.29) is 55.2 Å². The molecule has 0 aromatic heterocycles. The molecule has 1 aromatic rings. The van der Waals surface area contributed by atoms with Crippen molar-refractivity contribution >= 4 is 23.7 Å². The maximum absolute atomic E-state index is 15.2. The number of aliphatic hydroxyl groups is 1. The monoisotopic (exact) mass is 737 g/mol. The number of nitrogens with one attached hydrogen (secondary N) is 1. The summed E-state index contributed by atoms with van der Waals surface area (Å²) in [6.45, 7) is 22.1. The minimum atomic E-state index is -1.29. The zero-order chi connectivity index (χ0) is 39.3. The van der Waals surface area contributed by atoms with Crippen molar-refractivity contribution in [3.05, 3.63) is 61.2 Å². The van der Waals surface area contributed by atoms with Crippen LogP contribution < -0.4 is 5.32 Å². The molecule has 0 unspecified atom stereocenters. The fourth-order valence-corrected chi connectivity index (χ4v) is 9.28. The van der Waals surface area contributed by atoms with Crippen LogP contribution in [0.4, 0.5) is 0 Å². The number of ether oxygens (including phenoxy) is 3. The Balaban J connectivity index is 1.78. The quantitative estimate of drug-likeness (QED) is 0.143. The third-order valence-electron chi connectivity index (χ3n) is 10.9. The lowest BCUT2D eigenvalue weighted by atomic mass is 9.70. The Labute approximate surface area is 316 Å². The Bertz CT molecular complexity index is 1470. The van der Waals surface area contributed by atoms with E-state index in [1.54, 1.807) is 22.0 Å². The summed E-state index contributed by atoms with van der Waals surface area (Å²) in [5.74, 6) is -3.44. The maximum Gasteiger partial charge on any atom is 0.313 e. The van der Waals surface area contributed by atoms with Crippen molar-refractivity contribution in [3.8, 4) is 0 Å². The van der Waals surface area contributed by atoms with Crippen LogP contribution in [-0.4, -0.2) is 101 Å². The largest absolute Gasteiger partial charge is 0.455 e.